The second-order valence-corrected chi connectivity index (χ2v) is 6.50. The van der Waals surface area contributed by atoms with Crippen molar-refractivity contribution in [3.8, 4) is 0 Å². The molecule has 0 aromatic heterocycles. The Morgan fingerprint density at radius 1 is 1.17 bits per heavy atom. The van der Waals surface area contributed by atoms with Crippen molar-refractivity contribution in [2.45, 2.75) is 39.7 Å². The van der Waals surface area contributed by atoms with Crippen LogP contribution in [0.5, 0.6) is 0 Å². The van der Waals surface area contributed by atoms with Crippen molar-refractivity contribution in [3.05, 3.63) is 35.9 Å². The molecule has 102 valence electrons. The summed E-state index contributed by atoms with van der Waals surface area (Å²) in [6.07, 6.45) is 2.51. The molecule has 0 fully saturated rings. The van der Waals surface area contributed by atoms with Crippen LogP contribution in [0.1, 0.15) is 32.8 Å². The van der Waals surface area contributed by atoms with E-state index in [9.17, 15) is 0 Å². The monoisotopic (exact) mass is 265 g/mol. The van der Waals surface area contributed by atoms with Crippen molar-refractivity contribution in [2.24, 2.45) is 5.92 Å². The third-order valence-electron chi connectivity index (χ3n) is 3.06. The minimum atomic E-state index is 0.585. The predicted octanol–water partition coefficient (Wildman–Crippen LogP) is 3.99. The Morgan fingerprint density at radius 2 is 1.89 bits per heavy atom. The van der Waals surface area contributed by atoms with Gasteiger partial charge in [-0.25, -0.2) is 0 Å². The first kappa shape index (κ1) is 15.6. The molecule has 0 aliphatic carbocycles. The van der Waals surface area contributed by atoms with Crippen molar-refractivity contribution < 1.29 is 0 Å². The van der Waals surface area contributed by atoms with Gasteiger partial charge in [-0.15, -0.1) is 0 Å². The average Bonchev–Trinajstić information content (AvgIpc) is 2.37. The third kappa shape index (κ3) is 7.07. The van der Waals surface area contributed by atoms with E-state index in [1.807, 2.05) is 0 Å². The van der Waals surface area contributed by atoms with E-state index < -0.39 is 0 Å². The van der Waals surface area contributed by atoms with E-state index in [1.54, 1.807) is 0 Å². The maximum absolute atomic E-state index is 3.58. The van der Waals surface area contributed by atoms with E-state index in [1.165, 1.54) is 29.9 Å². The van der Waals surface area contributed by atoms with Gasteiger partial charge in [0.25, 0.3) is 0 Å². The normalized spacial score (nSPS) is 12.9. The van der Waals surface area contributed by atoms with E-state index in [4.69, 9.17) is 0 Å². The summed E-state index contributed by atoms with van der Waals surface area (Å²) in [5, 5.41) is 3.58. The fraction of sp³-hybridized carbons (Fsp3) is 0.625. The highest BCUT2D eigenvalue weighted by Crippen LogP contribution is 2.15. The van der Waals surface area contributed by atoms with Crippen molar-refractivity contribution >= 4 is 11.8 Å². The lowest BCUT2D eigenvalue weighted by Crippen LogP contribution is -2.30. The highest BCUT2D eigenvalue weighted by Gasteiger charge is 2.10. The molecule has 0 spiro atoms. The van der Waals surface area contributed by atoms with E-state index in [-0.39, 0.29) is 0 Å². The number of hydrogen-bond donors (Lipinski definition) is 1. The zero-order valence-corrected chi connectivity index (χ0v) is 12.8. The van der Waals surface area contributed by atoms with E-state index in [2.05, 4.69) is 68.2 Å². The molecule has 0 aliphatic rings. The van der Waals surface area contributed by atoms with Crippen LogP contribution in [-0.2, 0) is 6.42 Å². The largest absolute Gasteiger partial charge is 0.314 e. The molecular weight excluding hydrogens is 238 g/mol. The molecule has 18 heavy (non-hydrogen) atoms. The second-order valence-electron chi connectivity index (χ2n) is 5.10. The van der Waals surface area contributed by atoms with Gasteiger partial charge in [0.15, 0.2) is 0 Å². The van der Waals surface area contributed by atoms with E-state index in [0.717, 1.165) is 12.5 Å². The van der Waals surface area contributed by atoms with Crippen LogP contribution in [0.2, 0.25) is 0 Å². The molecule has 1 atom stereocenters. The lowest BCUT2D eigenvalue weighted by atomic mass is 9.96. The zero-order valence-electron chi connectivity index (χ0n) is 12.0. The quantitative estimate of drug-likeness (QED) is 0.678. The fourth-order valence-corrected chi connectivity index (χ4v) is 2.81. The highest BCUT2D eigenvalue weighted by molar-refractivity contribution is 7.99. The maximum atomic E-state index is 3.58. The molecule has 1 nitrogen and oxygen atoms in total. The van der Waals surface area contributed by atoms with Crippen LogP contribution in [0.15, 0.2) is 30.3 Å². The summed E-state index contributed by atoms with van der Waals surface area (Å²) < 4.78 is 0. The van der Waals surface area contributed by atoms with Crippen LogP contribution in [0.3, 0.4) is 0 Å². The predicted molar refractivity (Wildman–Crippen MR) is 84.4 cm³/mol. The number of thioether (sulfide) groups is 1. The Labute approximate surface area is 117 Å². The molecule has 0 heterocycles. The molecule has 1 unspecified atom stereocenters. The number of rotatable bonds is 9. The van der Waals surface area contributed by atoms with Gasteiger partial charge >= 0.3 is 0 Å². The molecule has 0 amide bonds. The van der Waals surface area contributed by atoms with Gasteiger partial charge in [0, 0.05) is 6.04 Å². The van der Waals surface area contributed by atoms with Crippen molar-refractivity contribution in [2.75, 3.05) is 18.1 Å². The van der Waals surface area contributed by atoms with Crippen LogP contribution in [-0.4, -0.2) is 24.1 Å². The summed E-state index contributed by atoms with van der Waals surface area (Å²) in [4.78, 5) is 0. The summed E-state index contributed by atoms with van der Waals surface area (Å²) in [5.74, 6) is 3.28. The summed E-state index contributed by atoms with van der Waals surface area (Å²) >= 11 is 2.05. The van der Waals surface area contributed by atoms with Crippen LogP contribution in [0, 0.1) is 5.92 Å². The first-order chi connectivity index (χ1) is 8.72. The standard InChI is InChI=1S/C16H27NS/c1-4-18-11-10-16(13-17-14(2)3)12-15-8-6-5-7-9-15/h5-9,14,16-17H,4,10-13H2,1-3H3. The Bertz CT molecular complexity index is 297. The average molecular weight is 265 g/mol. The molecule has 0 saturated carbocycles. The molecule has 0 saturated heterocycles. The Morgan fingerprint density at radius 3 is 2.50 bits per heavy atom. The number of nitrogens with one attached hydrogen (secondary N) is 1. The van der Waals surface area contributed by atoms with Crippen LogP contribution in [0.25, 0.3) is 0 Å². The zero-order chi connectivity index (χ0) is 13.2. The molecular formula is C16H27NS. The lowest BCUT2D eigenvalue weighted by Gasteiger charge is -2.19. The molecule has 1 rings (SSSR count). The molecule has 0 radical (unpaired) electrons. The molecule has 2 heteroatoms. The lowest BCUT2D eigenvalue weighted by molar-refractivity contribution is 0.438. The van der Waals surface area contributed by atoms with Gasteiger partial charge < -0.3 is 5.32 Å². The molecule has 0 bridgehead atoms. The maximum Gasteiger partial charge on any atom is 0.00104 e. The van der Waals surface area contributed by atoms with Crippen LogP contribution < -0.4 is 5.32 Å². The van der Waals surface area contributed by atoms with Crippen molar-refractivity contribution in [3.63, 3.8) is 0 Å². The molecule has 1 aromatic rings. The van der Waals surface area contributed by atoms with Crippen LogP contribution >= 0.6 is 11.8 Å². The molecule has 0 aliphatic heterocycles. The van der Waals surface area contributed by atoms with E-state index >= 15 is 0 Å². The van der Waals surface area contributed by atoms with Crippen LogP contribution in [0.4, 0.5) is 0 Å². The minimum absolute atomic E-state index is 0.585. The Balaban J connectivity index is 2.42. The minimum Gasteiger partial charge on any atom is -0.314 e. The summed E-state index contributed by atoms with van der Waals surface area (Å²) in [5.41, 5.74) is 1.47. The van der Waals surface area contributed by atoms with Gasteiger partial charge in [0.1, 0.15) is 0 Å². The summed E-state index contributed by atoms with van der Waals surface area (Å²) in [6.45, 7) is 7.82. The number of hydrogen-bond acceptors (Lipinski definition) is 2. The molecule has 1 N–H and O–H groups in total. The van der Waals surface area contributed by atoms with Gasteiger partial charge in [-0.1, -0.05) is 51.1 Å². The second kappa shape index (κ2) is 9.46. The summed E-state index contributed by atoms with van der Waals surface area (Å²) in [6, 6.07) is 11.5. The van der Waals surface area contributed by atoms with Gasteiger partial charge in [-0.05, 0) is 42.4 Å². The van der Waals surface area contributed by atoms with Gasteiger partial charge in [0.2, 0.25) is 0 Å². The van der Waals surface area contributed by atoms with Crippen molar-refractivity contribution in [1.29, 1.82) is 0 Å². The summed E-state index contributed by atoms with van der Waals surface area (Å²) in [7, 11) is 0. The highest BCUT2D eigenvalue weighted by atomic mass is 32.2. The van der Waals surface area contributed by atoms with Gasteiger partial charge in [-0.2, -0.15) is 11.8 Å². The van der Waals surface area contributed by atoms with Crippen molar-refractivity contribution in [1.82, 2.24) is 5.32 Å². The van der Waals surface area contributed by atoms with E-state index in [0.29, 0.717) is 6.04 Å². The molecule has 1 aromatic carbocycles. The van der Waals surface area contributed by atoms with Gasteiger partial charge in [0.05, 0.1) is 0 Å². The fourth-order valence-electron chi connectivity index (χ4n) is 2.02. The Kier molecular flexibility index (Phi) is 8.19. The third-order valence-corrected chi connectivity index (χ3v) is 3.99. The first-order valence-corrected chi connectivity index (χ1v) is 8.23. The SMILES string of the molecule is CCSCCC(CNC(C)C)Cc1ccccc1. The number of benzene rings is 1. The first-order valence-electron chi connectivity index (χ1n) is 7.07. The topological polar surface area (TPSA) is 12.0 Å². The Hall–Kier alpha value is -0.470. The smallest absolute Gasteiger partial charge is 0.00104 e. The van der Waals surface area contributed by atoms with Gasteiger partial charge in [-0.3, -0.25) is 0 Å².